The molecule has 0 atom stereocenters. The van der Waals surface area contributed by atoms with E-state index in [4.69, 9.17) is 4.74 Å². The van der Waals surface area contributed by atoms with E-state index in [2.05, 4.69) is 10.3 Å². The molecule has 0 aliphatic heterocycles. The summed E-state index contributed by atoms with van der Waals surface area (Å²) in [5.74, 6) is 1.49. The lowest BCUT2D eigenvalue weighted by Crippen LogP contribution is -2.15. The van der Waals surface area contributed by atoms with Gasteiger partial charge in [0, 0.05) is 13.0 Å². The van der Waals surface area contributed by atoms with E-state index in [-0.39, 0.29) is 5.91 Å². The van der Waals surface area contributed by atoms with Crippen LogP contribution in [-0.4, -0.2) is 22.1 Å². The zero-order valence-corrected chi connectivity index (χ0v) is 15.4. The lowest BCUT2D eigenvalue weighted by atomic mass is 10.2. The molecule has 5 heteroatoms. The van der Waals surface area contributed by atoms with Crippen LogP contribution < -0.4 is 10.1 Å². The van der Waals surface area contributed by atoms with Gasteiger partial charge in [0.05, 0.1) is 17.6 Å². The van der Waals surface area contributed by atoms with Crippen LogP contribution in [0.5, 0.6) is 5.75 Å². The Morgan fingerprint density at radius 3 is 2.81 bits per heavy atom. The monoisotopic (exact) mass is 351 g/mol. The maximum Gasteiger partial charge on any atom is 0.226 e. The summed E-state index contributed by atoms with van der Waals surface area (Å²) in [6.45, 7) is 5.47. The van der Waals surface area contributed by atoms with Crippen molar-refractivity contribution in [1.82, 2.24) is 9.55 Å². The average Bonchev–Trinajstić information content (AvgIpc) is 2.98. The first kappa shape index (κ1) is 18.0. The molecule has 1 aromatic heterocycles. The largest absolute Gasteiger partial charge is 0.494 e. The molecule has 0 fully saturated rings. The van der Waals surface area contributed by atoms with Crippen molar-refractivity contribution < 1.29 is 9.53 Å². The molecule has 0 saturated heterocycles. The van der Waals surface area contributed by atoms with Crippen LogP contribution in [0.25, 0.3) is 11.0 Å². The number of hydrogen-bond donors (Lipinski definition) is 1. The highest BCUT2D eigenvalue weighted by atomic mass is 16.5. The normalized spacial score (nSPS) is 10.8. The number of benzene rings is 2. The molecular weight excluding hydrogens is 326 g/mol. The van der Waals surface area contributed by atoms with E-state index in [1.54, 1.807) is 0 Å². The van der Waals surface area contributed by atoms with Gasteiger partial charge in [0.15, 0.2) is 0 Å². The maximum absolute atomic E-state index is 12.2. The predicted molar refractivity (Wildman–Crippen MR) is 105 cm³/mol. The van der Waals surface area contributed by atoms with Crippen LogP contribution in [0.4, 0.5) is 5.95 Å². The summed E-state index contributed by atoms with van der Waals surface area (Å²) in [6, 6.07) is 15.9. The third-order valence-electron chi connectivity index (χ3n) is 4.28. The first-order valence-electron chi connectivity index (χ1n) is 9.12. The molecule has 136 valence electrons. The van der Waals surface area contributed by atoms with Crippen LogP contribution in [-0.2, 0) is 11.3 Å². The van der Waals surface area contributed by atoms with Crippen molar-refractivity contribution in [1.29, 1.82) is 0 Å². The molecule has 0 spiro atoms. The van der Waals surface area contributed by atoms with E-state index >= 15 is 0 Å². The number of unbranched alkanes of at least 4 members (excludes halogenated alkanes) is 1. The molecule has 0 aliphatic carbocycles. The highest BCUT2D eigenvalue weighted by molar-refractivity contribution is 5.91. The highest BCUT2D eigenvalue weighted by Crippen LogP contribution is 2.19. The van der Waals surface area contributed by atoms with Crippen molar-refractivity contribution in [3.63, 3.8) is 0 Å². The van der Waals surface area contributed by atoms with Gasteiger partial charge in [-0.05, 0) is 56.5 Å². The van der Waals surface area contributed by atoms with Gasteiger partial charge < -0.3 is 9.30 Å². The predicted octanol–water partition coefficient (Wildman–Crippen LogP) is 4.55. The molecule has 2 aromatic carbocycles. The number of aromatic nitrogens is 2. The summed E-state index contributed by atoms with van der Waals surface area (Å²) in [7, 11) is 0. The molecule has 0 unspecified atom stereocenters. The summed E-state index contributed by atoms with van der Waals surface area (Å²) in [5.41, 5.74) is 3.12. The van der Waals surface area contributed by atoms with Crippen LogP contribution in [0.15, 0.2) is 48.5 Å². The fourth-order valence-electron chi connectivity index (χ4n) is 2.96. The zero-order chi connectivity index (χ0) is 18.4. The quantitative estimate of drug-likeness (QED) is 0.606. The second-order valence-electron chi connectivity index (χ2n) is 6.34. The summed E-state index contributed by atoms with van der Waals surface area (Å²) >= 11 is 0. The van der Waals surface area contributed by atoms with E-state index in [1.165, 1.54) is 5.56 Å². The molecule has 0 aliphatic rings. The number of para-hydroxylation sites is 2. The molecule has 26 heavy (non-hydrogen) atoms. The van der Waals surface area contributed by atoms with Crippen molar-refractivity contribution in [2.75, 3.05) is 11.9 Å². The molecule has 5 nitrogen and oxygen atoms in total. The topological polar surface area (TPSA) is 56.2 Å². The van der Waals surface area contributed by atoms with Crippen molar-refractivity contribution in [2.45, 2.75) is 39.7 Å². The van der Waals surface area contributed by atoms with Crippen LogP contribution in [0.2, 0.25) is 0 Å². The standard InChI is InChI=1S/C21H25N3O2/c1-3-24-19-12-5-4-11-18(19)22-21(24)23-20(25)13-6-7-14-26-17-10-8-9-16(2)15-17/h4-5,8-12,15H,3,6-7,13-14H2,1-2H3,(H,22,23,25). The van der Waals surface area contributed by atoms with Gasteiger partial charge in [0.25, 0.3) is 0 Å². The Morgan fingerprint density at radius 2 is 2.00 bits per heavy atom. The summed E-state index contributed by atoms with van der Waals surface area (Å²) in [6.07, 6.45) is 2.08. The number of anilines is 1. The lowest BCUT2D eigenvalue weighted by Gasteiger charge is -2.08. The van der Waals surface area contributed by atoms with Gasteiger partial charge in [-0.1, -0.05) is 24.3 Å². The highest BCUT2D eigenvalue weighted by Gasteiger charge is 2.11. The third kappa shape index (κ3) is 4.42. The molecular formula is C21H25N3O2. The Morgan fingerprint density at radius 1 is 1.15 bits per heavy atom. The fourth-order valence-corrected chi connectivity index (χ4v) is 2.96. The number of amides is 1. The number of nitrogens with one attached hydrogen (secondary N) is 1. The Labute approximate surface area is 154 Å². The van der Waals surface area contributed by atoms with Crippen molar-refractivity contribution in [2.24, 2.45) is 0 Å². The van der Waals surface area contributed by atoms with Gasteiger partial charge in [0.1, 0.15) is 5.75 Å². The van der Waals surface area contributed by atoms with Gasteiger partial charge >= 0.3 is 0 Å². The summed E-state index contributed by atoms with van der Waals surface area (Å²) in [5, 5.41) is 2.94. The van der Waals surface area contributed by atoms with Crippen molar-refractivity contribution in [3.8, 4) is 5.75 Å². The van der Waals surface area contributed by atoms with Gasteiger partial charge in [-0.2, -0.15) is 0 Å². The Hall–Kier alpha value is -2.82. The van der Waals surface area contributed by atoms with Crippen LogP contribution >= 0.6 is 0 Å². The molecule has 0 bridgehead atoms. The lowest BCUT2D eigenvalue weighted by molar-refractivity contribution is -0.116. The summed E-state index contributed by atoms with van der Waals surface area (Å²) in [4.78, 5) is 16.8. The zero-order valence-electron chi connectivity index (χ0n) is 15.4. The Balaban J connectivity index is 1.46. The molecule has 3 aromatic rings. The number of carbonyl (C=O) groups is 1. The molecule has 0 radical (unpaired) electrons. The molecule has 1 N–H and O–H groups in total. The van der Waals surface area contributed by atoms with Gasteiger partial charge in [-0.25, -0.2) is 4.98 Å². The van der Waals surface area contributed by atoms with Crippen molar-refractivity contribution in [3.05, 3.63) is 54.1 Å². The number of nitrogens with zero attached hydrogens (tertiary/aromatic N) is 2. The molecule has 1 heterocycles. The molecule has 3 rings (SSSR count). The number of aryl methyl sites for hydroxylation is 2. The number of carbonyl (C=O) groups excluding carboxylic acids is 1. The van der Waals surface area contributed by atoms with Crippen LogP contribution in [0.3, 0.4) is 0 Å². The minimum atomic E-state index is -0.00874. The number of hydrogen-bond acceptors (Lipinski definition) is 3. The van der Waals surface area contributed by atoms with E-state index in [0.717, 1.165) is 36.2 Å². The minimum absolute atomic E-state index is 0.00874. The molecule has 1 amide bonds. The Kier molecular flexibility index (Phi) is 5.89. The van der Waals surface area contributed by atoms with E-state index in [0.29, 0.717) is 19.0 Å². The second kappa shape index (κ2) is 8.52. The Bertz CT molecular complexity index is 886. The number of ether oxygens (including phenoxy) is 1. The van der Waals surface area contributed by atoms with Gasteiger partial charge in [-0.15, -0.1) is 0 Å². The SMILES string of the molecule is CCn1c(NC(=O)CCCCOc2cccc(C)c2)nc2ccccc21. The van der Waals surface area contributed by atoms with Gasteiger partial charge in [-0.3, -0.25) is 10.1 Å². The van der Waals surface area contributed by atoms with Crippen LogP contribution in [0, 0.1) is 6.92 Å². The van der Waals surface area contributed by atoms with E-state index in [9.17, 15) is 4.79 Å². The van der Waals surface area contributed by atoms with Crippen LogP contribution in [0.1, 0.15) is 31.7 Å². The number of imidazole rings is 1. The number of fused-ring (bicyclic) bond motifs is 1. The van der Waals surface area contributed by atoms with Gasteiger partial charge in [0.2, 0.25) is 11.9 Å². The number of rotatable bonds is 8. The fraction of sp³-hybridized carbons (Fsp3) is 0.333. The maximum atomic E-state index is 12.2. The second-order valence-corrected chi connectivity index (χ2v) is 6.34. The average molecular weight is 351 g/mol. The molecule has 0 saturated carbocycles. The smallest absolute Gasteiger partial charge is 0.226 e. The van der Waals surface area contributed by atoms with E-state index < -0.39 is 0 Å². The third-order valence-corrected chi connectivity index (χ3v) is 4.28. The van der Waals surface area contributed by atoms with E-state index in [1.807, 2.05) is 66.9 Å². The van der Waals surface area contributed by atoms with Crippen molar-refractivity contribution >= 4 is 22.9 Å². The first-order valence-corrected chi connectivity index (χ1v) is 9.12. The minimum Gasteiger partial charge on any atom is -0.494 e. The first-order chi connectivity index (χ1) is 12.7. The summed E-state index contributed by atoms with van der Waals surface area (Å²) < 4.78 is 7.74.